The average molecular weight is 250 g/mol. The van der Waals surface area contributed by atoms with Gasteiger partial charge in [-0.25, -0.2) is 0 Å². The summed E-state index contributed by atoms with van der Waals surface area (Å²) in [6.07, 6.45) is 12.3. The van der Waals surface area contributed by atoms with Gasteiger partial charge in [0.15, 0.2) is 0 Å². The van der Waals surface area contributed by atoms with Crippen LogP contribution in [0.25, 0.3) is 0 Å². The van der Waals surface area contributed by atoms with Gasteiger partial charge in [-0.2, -0.15) is 0 Å². The van der Waals surface area contributed by atoms with E-state index in [9.17, 15) is 9.90 Å². The minimum absolute atomic E-state index is 0. The van der Waals surface area contributed by atoms with E-state index < -0.39 is 0 Å². The molecule has 0 heterocycles. The molecule has 96 valence electrons. The molecule has 0 bridgehead atoms. The van der Waals surface area contributed by atoms with Crippen LogP contribution in [0.1, 0.15) is 77.6 Å². The number of hydrogen-bond acceptors (Lipinski definition) is 2. The van der Waals surface area contributed by atoms with Crippen LogP contribution in [0, 0.1) is 0 Å². The van der Waals surface area contributed by atoms with Crippen molar-refractivity contribution in [2.75, 3.05) is 6.61 Å². The fourth-order valence-electron chi connectivity index (χ4n) is 1.87. The van der Waals surface area contributed by atoms with E-state index in [0.717, 1.165) is 12.8 Å². The minimum atomic E-state index is -0.240. The Kier molecular flexibility index (Phi) is 19.5. The van der Waals surface area contributed by atoms with Gasteiger partial charge in [0.1, 0.15) is 5.78 Å². The predicted octanol–water partition coefficient (Wildman–Crippen LogP) is 0.231. The second-order valence-corrected chi connectivity index (χ2v) is 4.57. The smallest absolute Gasteiger partial charge is 0.854 e. The summed E-state index contributed by atoms with van der Waals surface area (Å²) in [5.74, 6) is 0.151. The van der Waals surface area contributed by atoms with Crippen molar-refractivity contribution in [3.63, 3.8) is 0 Å². The van der Waals surface area contributed by atoms with Crippen LogP contribution in [-0.2, 0) is 4.79 Å². The van der Waals surface area contributed by atoms with Gasteiger partial charge in [0, 0.05) is 6.42 Å². The average Bonchev–Trinajstić information content (AvgIpc) is 2.27. The predicted molar refractivity (Wildman–Crippen MR) is 66.3 cm³/mol. The van der Waals surface area contributed by atoms with Crippen LogP contribution in [0.15, 0.2) is 0 Å². The molecule has 3 heteroatoms. The number of Topliss-reactive ketones (excluding diaryl/α,β-unsaturated/α-hetero) is 1. The molecule has 2 nitrogen and oxygen atoms in total. The SMILES string of the molecule is CCCCCCCCCCCC(=O)CC[O-].[Na+]. The number of carbonyl (C=O) groups is 1. The van der Waals surface area contributed by atoms with Crippen molar-refractivity contribution < 1.29 is 39.5 Å². The number of ketones is 1. The third kappa shape index (κ3) is 16.6. The molecule has 0 atom stereocenters. The molecular weight excluding hydrogens is 223 g/mol. The van der Waals surface area contributed by atoms with E-state index in [-0.39, 0.29) is 48.4 Å². The topological polar surface area (TPSA) is 40.1 Å². The second kappa shape index (κ2) is 16.6. The van der Waals surface area contributed by atoms with Gasteiger partial charge in [0.05, 0.1) is 0 Å². The van der Waals surface area contributed by atoms with Crippen molar-refractivity contribution in [2.24, 2.45) is 0 Å². The molecule has 0 amide bonds. The van der Waals surface area contributed by atoms with Crippen LogP contribution in [0.4, 0.5) is 0 Å². The molecule has 0 saturated carbocycles. The van der Waals surface area contributed by atoms with Crippen LogP contribution in [-0.4, -0.2) is 12.4 Å². The number of carbonyl (C=O) groups excluding carboxylic acids is 1. The molecule has 17 heavy (non-hydrogen) atoms. The maximum Gasteiger partial charge on any atom is 1.00 e. The first-order valence-electron chi connectivity index (χ1n) is 6.91. The maximum atomic E-state index is 11.1. The molecule has 0 N–H and O–H groups in total. The number of unbranched alkanes of at least 4 members (excludes halogenated alkanes) is 8. The Morgan fingerprint density at radius 2 is 1.29 bits per heavy atom. The first-order valence-corrected chi connectivity index (χ1v) is 6.91. The van der Waals surface area contributed by atoms with Crippen molar-refractivity contribution in [2.45, 2.75) is 77.6 Å². The largest absolute Gasteiger partial charge is 1.00 e. The van der Waals surface area contributed by atoms with Crippen LogP contribution in [0.3, 0.4) is 0 Å². The van der Waals surface area contributed by atoms with Crippen molar-refractivity contribution in [1.82, 2.24) is 0 Å². The number of rotatable bonds is 12. The zero-order valence-electron chi connectivity index (χ0n) is 11.8. The molecule has 0 fully saturated rings. The molecule has 0 aliphatic rings. The van der Waals surface area contributed by atoms with E-state index in [2.05, 4.69) is 6.92 Å². The van der Waals surface area contributed by atoms with E-state index in [1.165, 1.54) is 44.9 Å². The first kappa shape index (κ1) is 20.0. The summed E-state index contributed by atoms with van der Waals surface area (Å²) in [7, 11) is 0. The molecule has 0 aromatic carbocycles. The summed E-state index contributed by atoms with van der Waals surface area (Å²) in [5.41, 5.74) is 0. The summed E-state index contributed by atoms with van der Waals surface area (Å²) < 4.78 is 0. The van der Waals surface area contributed by atoms with Crippen LogP contribution in [0.2, 0.25) is 0 Å². The van der Waals surface area contributed by atoms with Gasteiger partial charge in [-0.15, -0.1) is 6.61 Å². The Labute approximate surface area is 129 Å². The molecule has 0 radical (unpaired) electrons. The molecule has 0 rings (SSSR count). The monoisotopic (exact) mass is 250 g/mol. The maximum absolute atomic E-state index is 11.1. The van der Waals surface area contributed by atoms with Crippen molar-refractivity contribution in [3.8, 4) is 0 Å². The Hall–Kier alpha value is 0.630. The minimum Gasteiger partial charge on any atom is -0.854 e. The van der Waals surface area contributed by atoms with E-state index in [0.29, 0.717) is 6.42 Å². The number of hydrogen-bond donors (Lipinski definition) is 0. The van der Waals surface area contributed by atoms with Crippen LogP contribution < -0.4 is 34.7 Å². The Morgan fingerprint density at radius 3 is 1.76 bits per heavy atom. The fraction of sp³-hybridized carbons (Fsp3) is 0.929. The van der Waals surface area contributed by atoms with Gasteiger partial charge in [0.25, 0.3) is 0 Å². The molecule has 0 unspecified atom stereocenters. The molecule has 0 aliphatic heterocycles. The van der Waals surface area contributed by atoms with Gasteiger partial charge >= 0.3 is 29.6 Å². The van der Waals surface area contributed by atoms with Gasteiger partial charge in [-0.3, -0.25) is 4.79 Å². The summed E-state index contributed by atoms with van der Waals surface area (Å²) in [5, 5.41) is 10.2. The summed E-state index contributed by atoms with van der Waals surface area (Å²) in [4.78, 5) is 11.1. The third-order valence-electron chi connectivity index (χ3n) is 2.94. The van der Waals surface area contributed by atoms with Gasteiger partial charge in [0.2, 0.25) is 0 Å². The third-order valence-corrected chi connectivity index (χ3v) is 2.94. The van der Waals surface area contributed by atoms with Crippen molar-refractivity contribution in [1.29, 1.82) is 0 Å². The second-order valence-electron chi connectivity index (χ2n) is 4.57. The van der Waals surface area contributed by atoms with E-state index >= 15 is 0 Å². The molecular formula is C14H27NaO2. The molecule has 0 spiro atoms. The zero-order chi connectivity index (χ0) is 12.1. The quantitative estimate of drug-likeness (QED) is 0.367. The fourth-order valence-corrected chi connectivity index (χ4v) is 1.87. The van der Waals surface area contributed by atoms with Crippen LogP contribution >= 0.6 is 0 Å². The Balaban J connectivity index is 0. The van der Waals surface area contributed by atoms with Gasteiger partial charge in [-0.1, -0.05) is 58.3 Å². The van der Waals surface area contributed by atoms with E-state index in [1.807, 2.05) is 0 Å². The summed E-state index contributed by atoms with van der Waals surface area (Å²) in [6.45, 7) is 2.00. The first-order chi connectivity index (χ1) is 7.81. The summed E-state index contributed by atoms with van der Waals surface area (Å²) in [6, 6.07) is 0. The standard InChI is InChI=1S/C14H27O2.Na/c1-2-3-4-5-6-7-8-9-10-11-14(16)12-13-15;/h2-13H2,1H3;/q-1;+1. The van der Waals surface area contributed by atoms with Gasteiger partial charge in [-0.05, 0) is 12.8 Å². The zero-order valence-corrected chi connectivity index (χ0v) is 13.8. The normalized spacial score (nSPS) is 10.0. The summed E-state index contributed by atoms with van der Waals surface area (Å²) >= 11 is 0. The molecule has 0 aliphatic carbocycles. The Bertz CT molecular complexity index is 160. The van der Waals surface area contributed by atoms with E-state index in [1.54, 1.807) is 0 Å². The molecule has 0 saturated heterocycles. The van der Waals surface area contributed by atoms with Crippen molar-refractivity contribution >= 4 is 5.78 Å². The van der Waals surface area contributed by atoms with Crippen molar-refractivity contribution in [3.05, 3.63) is 0 Å². The Morgan fingerprint density at radius 1 is 0.824 bits per heavy atom. The van der Waals surface area contributed by atoms with Gasteiger partial charge < -0.3 is 5.11 Å². The molecule has 0 aromatic rings. The van der Waals surface area contributed by atoms with Crippen LogP contribution in [0.5, 0.6) is 0 Å². The van der Waals surface area contributed by atoms with E-state index in [4.69, 9.17) is 0 Å². The molecule has 0 aromatic heterocycles.